The molecule has 6 heterocycles. The highest BCUT2D eigenvalue weighted by atomic mass is 16.2. The molecule has 0 bridgehead atoms. The quantitative estimate of drug-likeness (QED) is 0.260. The van der Waals surface area contributed by atoms with Gasteiger partial charge in [-0.15, -0.1) is 0 Å². The van der Waals surface area contributed by atoms with Gasteiger partial charge in [0.15, 0.2) is 0 Å². The molecule has 0 radical (unpaired) electrons. The lowest BCUT2D eigenvalue weighted by atomic mass is 9.54. The zero-order valence-corrected chi connectivity index (χ0v) is 27.2. The molecular weight excluding hydrogens is 628 g/mol. The number of rotatable bonds is 5. The normalized spacial score (nSPS) is 32.9. The van der Waals surface area contributed by atoms with Crippen LogP contribution in [0.2, 0.25) is 0 Å². The van der Waals surface area contributed by atoms with E-state index in [4.69, 9.17) is 0 Å². The number of piperazine rings is 2. The molecule has 6 aliphatic heterocycles. The summed E-state index contributed by atoms with van der Waals surface area (Å²) in [6, 6.07) is 32.8. The molecule has 4 amide bonds. The molecule has 4 N–H and O–H groups in total. The largest absolute Gasteiger partial charge is 0.364 e. The van der Waals surface area contributed by atoms with Crippen molar-refractivity contribution in [3.05, 3.63) is 131 Å². The van der Waals surface area contributed by atoms with Crippen LogP contribution >= 0.6 is 0 Å². The minimum Gasteiger partial charge on any atom is -0.364 e. The van der Waals surface area contributed by atoms with Crippen molar-refractivity contribution in [3.8, 4) is 0 Å². The summed E-state index contributed by atoms with van der Waals surface area (Å²) in [6.07, 6.45) is 0.273. The molecule has 4 fully saturated rings. The van der Waals surface area contributed by atoms with Gasteiger partial charge in [-0.05, 0) is 47.2 Å². The Hall–Kier alpha value is -5.64. The van der Waals surface area contributed by atoms with E-state index in [-0.39, 0.29) is 23.6 Å². The molecule has 4 aromatic rings. The first-order valence-electron chi connectivity index (χ1n) is 17.5. The van der Waals surface area contributed by atoms with Gasteiger partial charge in [0.2, 0.25) is 23.6 Å². The highest BCUT2D eigenvalue weighted by Crippen LogP contribution is 2.68. The maximum atomic E-state index is 14.6. The summed E-state index contributed by atoms with van der Waals surface area (Å²) in [7, 11) is 0. The van der Waals surface area contributed by atoms with Gasteiger partial charge < -0.3 is 31.1 Å². The number of amides is 4. The van der Waals surface area contributed by atoms with Crippen LogP contribution in [0, 0.1) is 0 Å². The van der Waals surface area contributed by atoms with Crippen molar-refractivity contribution in [3.63, 3.8) is 0 Å². The maximum absolute atomic E-state index is 14.6. The van der Waals surface area contributed by atoms with E-state index in [0.717, 1.165) is 33.6 Å². The first kappa shape index (κ1) is 29.3. The van der Waals surface area contributed by atoms with E-state index in [0.29, 0.717) is 25.7 Å². The Morgan fingerprint density at radius 2 is 0.880 bits per heavy atom. The van der Waals surface area contributed by atoms with Crippen LogP contribution in [0.5, 0.6) is 0 Å². The third-order valence-electron chi connectivity index (χ3n) is 12.3. The van der Waals surface area contributed by atoms with Crippen LogP contribution in [-0.2, 0) is 42.8 Å². The second kappa shape index (κ2) is 10.4. The second-order valence-electron chi connectivity index (χ2n) is 14.6. The van der Waals surface area contributed by atoms with Crippen LogP contribution in [0.25, 0.3) is 0 Å². The third-order valence-corrected chi connectivity index (χ3v) is 12.3. The van der Waals surface area contributed by atoms with Crippen LogP contribution in [0.3, 0.4) is 0 Å². The van der Waals surface area contributed by atoms with Gasteiger partial charge in [0.05, 0.1) is 10.8 Å². The van der Waals surface area contributed by atoms with Crippen molar-refractivity contribution in [2.75, 3.05) is 10.6 Å². The fourth-order valence-corrected chi connectivity index (χ4v) is 10.4. The van der Waals surface area contributed by atoms with Gasteiger partial charge in [0.1, 0.15) is 36.5 Å². The molecule has 4 aromatic carbocycles. The van der Waals surface area contributed by atoms with Gasteiger partial charge in [-0.2, -0.15) is 0 Å². The van der Waals surface area contributed by atoms with Crippen LogP contribution in [-0.4, -0.2) is 69.9 Å². The molecule has 50 heavy (non-hydrogen) atoms. The lowest BCUT2D eigenvalue weighted by molar-refractivity contribution is -0.149. The standard InChI is InChI=1S/C40H36N6O4/c47-33-31-21-39(25-15-7-9-17-27(25)43-37(39)45(31)35(49)29(41-33)19-23-11-3-1-4-12-23)40-22-32-34(48)42-30(20-24-13-5-2-6-14-24)36(50)46(32)38(40)44-28-18-10-8-16-26(28)40/h1-18,29-32,37-38,43-44H,19-22H2,(H,41,47)(H,42,48)/t29-,30-,31-,32-,37+,38+,39?,40?/m0/s1. The number of nitrogens with zero attached hydrogens (tertiary/aromatic N) is 2. The van der Waals surface area contributed by atoms with Gasteiger partial charge in [0, 0.05) is 24.2 Å². The van der Waals surface area contributed by atoms with Crippen LogP contribution in [0.15, 0.2) is 109 Å². The van der Waals surface area contributed by atoms with Crippen molar-refractivity contribution in [2.45, 2.75) is 73.0 Å². The molecular formula is C40H36N6O4. The van der Waals surface area contributed by atoms with Gasteiger partial charge >= 0.3 is 0 Å². The summed E-state index contributed by atoms with van der Waals surface area (Å²) in [5, 5.41) is 13.6. The smallest absolute Gasteiger partial charge is 0.247 e. The molecule has 6 aliphatic rings. The molecule has 250 valence electrons. The summed E-state index contributed by atoms with van der Waals surface area (Å²) in [5.41, 5.74) is 4.00. The first-order chi connectivity index (χ1) is 24.4. The highest BCUT2D eigenvalue weighted by Gasteiger charge is 2.78. The average molecular weight is 665 g/mol. The number of fused-ring (bicyclic) bond motifs is 11. The van der Waals surface area contributed by atoms with Crippen molar-refractivity contribution >= 4 is 35.0 Å². The van der Waals surface area contributed by atoms with E-state index in [1.165, 1.54) is 0 Å². The fraction of sp³-hybridized carbons (Fsp3) is 0.300. The molecule has 0 aliphatic carbocycles. The second-order valence-corrected chi connectivity index (χ2v) is 14.6. The number of carbonyl (C=O) groups is 4. The Labute approximate surface area is 289 Å². The minimum atomic E-state index is -0.861. The van der Waals surface area contributed by atoms with Crippen molar-refractivity contribution in [1.29, 1.82) is 0 Å². The molecule has 10 rings (SSSR count). The SMILES string of the molecule is O=C1N[C@@H](Cc2ccccc2)C(=O)N2[C@H]3Nc4ccccc4C3(C34C[C@H]5C(=O)N[C@@H](Cc6ccccc6)C(=O)N5[C@H]3Nc3ccccc34)C[C@@H]12. The Balaban J connectivity index is 1.13. The lowest BCUT2D eigenvalue weighted by Crippen LogP contribution is -2.67. The zero-order chi connectivity index (χ0) is 33.8. The fourth-order valence-electron chi connectivity index (χ4n) is 10.4. The van der Waals surface area contributed by atoms with E-state index < -0.39 is 47.3 Å². The van der Waals surface area contributed by atoms with E-state index >= 15 is 0 Å². The Bertz CT molecular complexity index is 1940. The molecule has 0 saturated carbocycles. The Morgan fingerprint density at radius 3 is 1.30 bits per heavy atom. The Kier molecular flexibility index (Phi) is 6.11. The van der Waals surface area contributed by atoms with E-state index in [1.54, 1.807) is 9.80 Å². The number of anilines is 2. The number of benzene rings is 4. The van der Waals surface area contributed by atoms with Crippen molar-refractivity contribution in [1.82, 2.24) is 20.4 Å². The molecule has 4 saturated heterocycles. The van der Waals surface area contributed by atoms with Crippen LogP contribution < -0.4 is 21.3 Å². The van der Waals surface area contributed by atoms with Gasteiger partial charge in [-0.1, -0.05) is 97.1 Å². The number of hydrogen-bond donors (Lipinski definition) is 4. The monoisotopic (exact) mass is 664 g/mol. The number of nitrogens with one attached hydrogen (secondary N) is 4. The number of para-hydroxylation sites is 2. The van der Waals surface area contributed by atoms with Gasteiger partial charge in [-0.25, -0.2) is 0 Å². The summed E-state index contributed by atoms with van der Waals surface area (Å²) in [4.78, 5) is 61.2. The molecule has 2 unspecified atom stereocenters. The third kappa shape index (κ3) is 3.73. The van der Waals surface area contributed by atoms with Gasteiger partial charge in [0.25, 0.3) is 0 Å². The molecule has 10 nitrogen and oxygen atoms in total. The molecule has 0 aromatic heterocycles. The van der Waals surface area contributed by atoms with Crippen molar-refractivity contribution < 1.29 is 19.2 Å². The minimum absolute atomic E-state index is 0.134. The maximum Gasteiger partial charge on any atom is 0.247 e. The van der Waals surface area contributed by atoms with Crippen LogP contribution in [0.4, 0.5) is 11.4 Å². The zero-order valence-electron chi connectivity index (χ0n) is 27.2. The summed E-state index contributed by atoms with van der Waals surface area (Å²) in [5.74, 6) is -0.632. The van der Waals surface area contributed by atoms with Gasteiger partial charge in [-0.3, -0.25) is 19.2 Å². The summed E-state index contributed by atoms with van der Waals surface area (Å²) >= 11 is 0. The predicted octanol–water partition coefficient (Wildman–Crippen LogP) is 3.05. The lowest BCUT2D eigenvalue weighted by Gasteiger charge is -2.48. The van der Waals surface area contributed by atoms with Crippen LogP contribution in [0.1, 0.15) is 35.1 Å². The highest BCUT2D eigenvalue weighted by molar-refractivity contribution is 6.01. The first-order valence-corrected chi connectivity index (χ1v) is 17.5. The van der Waals surface area contributed by atoms with Crippen molar-refractivity contribution in [2.24, 2.45) is 0 Å². The Morgan fingerprint density at radius 1 is 0.500 bits per heavy atom. The topological polar surface area (TPSA) is 123 Å². The van der Waals surface area contributed by atoms with E-state index in [9.17, 15) is 19.2 Å². The molecule has 8 atom stereocenters. The van der Waals surface area contributed by atoms with E-state index in [2.05, 4.69) is 33.4 Å². The molecule has 0 spiro atoms. The summed E-state index contributed by atoms with van der Waals surface area (Å²) in [6.45, 7) is 0. The van der Waals surface area contributed by atoms with E-state index in [1.807, 2.05) is 97.1 Å². The number of hydrogen-bond acceptors (Lipinski definition) is 6. The average Bonchev–Trinajstić information content (AvgIpc) is 3.85. The summed E-state index contributed by atoms with van der Waals surface area (Å²) < 4.78 is 0. The molecule has 10 heteroatoms. The predicted molar refractivity (Wildman–Crippen MR) is 186 cm³/mol. The number of carbonyl (C=O) groups excluding carboxylic acids is 4.